The second-order valence-electron chi connectivity index (χ2n) is 6.09. The predicted molar refractivity (Wildman–Crippen MR) is 108 cm³/mol. The maximum absolute atomic E-state index is 12.4. The lowest BCUT2D eigenvalue weighted by Gasteiger charge is -2.14. The molecule has 150 valence electrons. The van der Waals surface area contributed by atoms with Crippen molar-refractivity contribution in [3.63, 3.8) is 0 Å². The summed E-state index contributed by atoms with van der Waals surface area (Å²) < 4.78 is 15.7. The van der Waals surface area contributed by atoms with Crippen molar-refractivity contribution >= 4 is 23.2 Å². The monoisotopic (exact) mass is 387 g/mol. The number of methoxy groups -OCH3 is 3. The Labute approximate surface area is 164 Å². The van der Waals surface area contributed by atoms with Gasteiger partial charge in [-0.1, -0.05) is 0 Å². The van der Waals surface area contributed by atoms with Gasteiger partial charge in [-0.25, -0.2) is 0 Å². The molecule has 2 rings (SSSR count). The molecule has 0 aliphatic heterocycles. The van der Waals surface area contributed by atoms with Crippen molar-refractivity contribution in [2.45, 2.75) is 0 Å². The Hall–Kier alpha value is -3.42. The van der Waals surface area contributed by atoms with Gasteiger partial charge in [0, 0.05) is 31.0 Å². The van der Waals surface area contributed by atoms with Crippen molar-refractivity contribution in [1.82, 2.24) is 5.32 Å². The third-order valence-corrected chi connectivity index (χ3v) is 4.00. The number of carbonyl (C=O) groups excluding carboxylic acids is 2. The highest BCUT2D eigenvalue weighted by atomic mass is 16.5. The molecule has 0 bridgehead atoms. The van der Waals surface area contributed by atoms with E-state index in [1.165, 1.54) is 33.5 Å². The molecule has 8 nitrogen and oxygen atoms in total. The molecule has 2 aromatic rings. The second kappa shape index (κ2) is 9.50. The molecular weight excluding hydrogens is 362 g/mol. The number of nitrogens with zero attached hydrogens (tertiary/aromatic N) is 1. The summed E-state index contributed by atoms with van der Waals surface area (Å²) in [4.78, 5) is 26.5. The standard InChI is InChI=1S/C20H25N3O5/c1-23(2)15-8-6-14(7-9-15)22-18(24)12-21-20(25)13-10-16(26-3)19(28-5)17(11-13)27-4/h6-11H,12H2,1-5H3,(H,21,25)(H,22,24). The first-order chi connectivity index (χ1) is 13.4. The third-order valence-electron chi connectivity index (χ3n) is 4.00. The molecule has 0 heterocycles. The minimum atomic E-state index is -0.433. The third kappa shape index (κ3) is 5.06. The Balaban J connectivity index is 2.00. The number of carbonyl (C=O) groups is 2. The fourth-order valence-corrected chi connectivity index (χ4v) is 2.52. The largest absolute Gasteiger partial charge is 0.493 e. The lowest BCUT2D eigenvalue weighted by molar-refractivity contribution is -0.115. The van der Waals surface area contributed by atoms with Gasteiger partial charge < -0.3 is 29.7 Å². The summed E-state index contributed by atoms with van der Waals surface area (Å²) in [6.07, 6.45) is 0. The van der Waals surface area contributed by atoms with E-state index in [1.54, 1.807) is 12.1 Å². The molecule has 0 aromatic heterocycles. The molecule has 0 saturated carbocycles. The molecular formula is C20H25N3O5. The highest BCUT2D eigenvalue weighted by Crippen LogP contribution is 2.38. The second-order valence-corrected chi connectivity index (χ2v) is 6.09. The van der Waals surface area contributed by atoms with Gasteiger partial charge in [-0.15, -0.1) is 0 Å². The highest BCUT2D eigenvalue weighted by Gasteiger charge is 2.17. The number of nitrogens with one attached hydrogen (secondary N) is 2. The van der Waals surface area contributed by atoms with Gasteiger partial charge in [0.1, 0.15) is 0 Å². The van der Waals surface area contributed by atoms with Gasteiger partial charge in [0.2, 0.25) is 11.7 Å². The van der Waals surface area contributed by atoms with E-state index in [2.05, 4.69) is 10.6 Å². The highest BCUT2D eigenvalue weighted by molar-refractivity contribution is 6.00. The zero-order valence-corrected chi connectivity index (χ0v) is 16.7. The van der Waals surface area contributed by atoms with E-state index in [0.29, 0.717) is 22.9 Å². The van der Waals surface area contributed by atoms with Crippen molar-refractivity contribution in [2.75, 3.05) is 52.2 Å². The van der Waals surface area contributed by atoms with Crippen LogP contribution in [0.15, 0.2) is 36.4 Å². The van der Waals surface area contributed by atoms with Gasteiger partial charge in [-0.3, -0.25) is 9.59 Å². The van der Waals surface area contributed by atoms with Crippen LogP contribution < -0.4 is 29.7 Å². The molecule has 2 aromatic carbocycles. The van der Waals surface area contributed by atoms with Crippen molar-refractivity contribution in [2.24, 2.45) is 0 Å². The summed E-state index contributed by atoms with van der Waals surface area (Å²) in [5.41, 5.74) is 1.96. The summed E-state index contributed by atoms with van der Waals surface area (Å²) in [7, 11) is 8.29. The molecule has 0 radical (unpaired) electrons. The molecule has 2 amide bonds. The lowest BCUT2D eigenvalue weighted by atomic mass is 10.1. The number of rotatable bonds is 8. The van der Waals surface area contributed by atoms with Crippen LogP contribution in [0.2, 0.25) is 0 Å². The molecule has 0 saturated heterocycles. The topological polar surface area (TPSA) is 89.1 Å². The zero-order valence-electron chi connectivity index (χ0n) is 16.7. The van der Waals surface area contributed by atoms with Gasteiger partial charge >= 0.3 is 0 Å². The quantitative estimate of drug-likeness (QED) is 0.722. The van der Waals surface area contributed by atoms with E-state index in [0.717, 1.165) is 5.69 Å². The lowest BCUT2D eigenvalue weighted by Crippen LogP contribution is -2.32. The number of ether oxygens (including phenoxy) is 3. The summed E-state index contributed by atoms with van der Waals surface area (Å²) in [5.74, 6) is 0.339. The fraction of sp³-hybridized carbons (Fsp3) is 0.300. The molecule has 28 heavy (non-hydrogen) atoms. The SMILES string of the molecule is COc1cc(C(=O)NCC(=O)Nc2ccc(N(C)C)cc2)cc(OC)c1OC. The Morgan fingerprint density at radius 1 is 0.929 bits per heavy atom. The molecule has 0 aliphatic rings. The Morgan fingerprint density at radius 3 is 1.96 bits per heavy atom. The first kappa shape index (κ1) is 20.9. The fourth-order valence-electron chi connectivity index (χ4n) is 2.52. The van der Waals surface area contributed by atoms with Crippen LogP contribution in [0.5, 0.6) is 17.2 Å². The maximum Gasteiger partial charge on any atom is 0.251 e. The molecule has 0 spiro atoms. The predicted octanol–water partition coefficient (Wildman–Crippen LogP) is 2.15. The molecule has 0 atom stereocenters. The summed E-state index contributed by atoms with van der Waals surface area (Å²) in [6, 6.07) is 10.4. The minimum absolute atomic E-state index is 0.176. The van der Waals surface area contributed by atoms with Crippen LogP contribution in [-0.2, 0) is 4.79 Å². The van der Waals surface area contributed by atoms with Gasteiger partial charge in [0.25, 0.3) is 5.91 Å². The van der Waals surface area contributed by atoms with Gasteiger partial charge in [-0.05, 0) is 36.4 Å². The van der Waals surface area contributed by atoms with Crippen molar-refractivity contribution < 1.29 is 23.8 Å². The first-order valence-electron chi connectivity index (χ1n) is 8.55. The van der Waals surface area contributed by atoms with Crippen molar-refractivity contribution in [1.29, 1.82) is 0 Å². The average Bonchev–Trinajstić information content (AvgIpc) is 2.71. The maximum atomic E-state index is 12.4. The van der Waals surface area contributed by atoms with E-state index in [9.17, 15) is 9.59 Å². The van der Waals surface area contributed by atoms with Crippen LogP contribution in [0, 0.1) is 0 Å². The molecule has 0 fully saturated rings. The van der Waals surface area contributed by atoms with Gasteiger partial charge in [-0.2, -0.15) is 0 Å². The molecule has 8 heteroatoms. The molecule has 0 unspecified atom stereocenters. The van der Waals surface area contributed by atoms with Crippen LogP contribution >= 0.6 is 0 Å². The van der Waals surface area contributed by atoms with Crippen LogP contribution in [0.1, 0.15) is 10.4 Å². The van der Waals surface area contributed by atoms with E-state index in [4.69, 9.17) is 14.2 Å². The van der Waals surface area contributed by atoms with Crippen LogP contribution in [0.25, 0.3) is 0 Å². The van der Waals surface area contributed by atoms with Gasteiger partial charge in [0.05, 0.1) is 27.9 Å². The number of benzene rings is 2. The summed E-state index contributed by atoms with van der Waals surface area (Å²) in [6.45, 7) is -0.176. The minimum Gasteiger partial charge on any atom is -0.493 e. The average molecular weight is 387 g/mol. The van der Waals surface area contributed by atoms with Crippen LogP contribution in [0.4, 0.5) is 11.4 Å². The van der Waals surface area contributed by atoms with E-state index in [1.807, 2.05) is 31.1 Å². The van der Waals surface area contributed by atoms with E-state index in [-0.39, 0.29) is 18.0 Å². The van der Waals surface area contributed by atoms with E-state index >= 15 is 0 Å². The van der Waals surface area contributed by atoms with Crippen LogP contribution in [-0.4, -0.2) is 53.8 Å². The first-order valence-corrected chi connectivity index (χ1v) is 8.55. The Bertz CT molecular complexity index is 809. The molecule has 2 N–H and O–H groups in total. The van der Waals surface area contributed by atoms with Crippen LogP contribution in [0.3, 0.4) is 0 Å². The Morgan fingerprint density at radius 2 is 1.50 bits per heavy atom. The number of amides is 2. The number of anilines is 2. The van der Waals surface area contributed by atoms with Crippen molar-refractivity contribution in [3.05, 3.63) is 42.0 Å². The van der Waals surface area contributed by atoms with Gasteiger partial charge in [0.15, 0.2) is 11.5 Å². The van der Waals surface area contributed by atoms with E-state index < -0.39 is 5.91 Å². The number of hydrogen-bond acceptors (Lipinski definition) is 6. The normalized spacial score (nSPS) is 10.0. The van der Waals surface area contributed by atoms with Crippen molar-refractivity contribution in [3.8, 4) is 17.2 Å². The summed E-state index contributed by atoms with van der Waals surface area (Å²) >= 11 is 0. The smallest absolute Gasteiger partial charge is 0.251 e. The Kier molecular flexibility index (Phi) is 7.08. The molecule has 0 aliphatic carbocycles. The summed E-state index contributed by atoms with van der Waals surface area (Å²) in [5, 5.41) is 5.31. The number of hydrogen-bond donors (Lipinski definition) is 2. The zero-order chi connectivity index (χ0) is 20.7.